The van der Waals surface area contributed by atoms with Gasteiger partial charge in [-0.3, -0.25) is 5.01 Å². The van der Waals surface area contributed by atoms with Gasteiger partial charge in [0.25, 0.3) is 0 Å². The zero-order valence-corrected chi connectivity index (χ0v) is 13.6. The third-order valence-corrected chi connectivity index (χ3v) is 3.73. The van der Waals surface area contributed by atoms with Crippen LogP contribution in [0.5, 0.6) is 0 Å². The van der Waals surface area contributed by atoms with Gasteiger partial charge >= 0.3 is 5.97 Å². The van der Waals surface area contributed by atoms with E-state index in [-0.39, 0.29) is 5.56 Å². The second kappa shape index (κ2) is 7.93. The summed E-state index contributed by atoms with van der Waals surface area (Å²) < 4.78 is 0. The Labute approximate surface area is 146 Å². The average molecular weight is 330 g/mol. The third-order valence-electron chi connectivity index (χ3n) is 3.73. The van der Waals surface area contributed by atoms with E-state index in [2.05, 4.69) is 17.2 Å². The molecule has 1 N–H and O–H groups in total. The predicted molar refractivity (Wildman–Crippen MR) is 100 cm³/mol. The minimum absolute atomic E-state index is 0.265. The van der Waals surface area contributed by atoms with E-state index in [0.717, 1.165) is 16.8 Å². The van der Waals surface area contributed by atoms with Crippen LogP contribution < -0.4 is 5.01 Å². The Morgan fingerprint density at radius 3 is 2.08 bits per heavy atom. The predicted octanol–water partition coefficient (Wildman–Crippen LogP) is 4.43. The quantitative estimate of drug-likeness (QED) is 0.537. The molecule has 0 aliphatic carbocycles. The zero-order chi connectivity index (χ0) is 17.5. The first-order valence-corrected chi connectivity index (χ1v) is 7.96. The molecule has 0 fully saturated rings. The fraction of sp³-hybridized carbons (Fsp3) is 0.0476. The molecule has 0 aliphatic rings. The van der Waals surface area contributed by atoms with Crippen LogP contribution in [0.25, 0.3) is 0 Å². The van der Waals surface area contributed by atoms with Gasteiger partial charge in [-0.05, 0) is 35.4 Å². The van der Waals surface area contributed by atoms with Gasteiger partial charge in [-0.2, -0.15) is 5.10 Å². The highest BCUT2D eigenvalue weighted by Gasteiger charge is 2.05. The highest BCUT2D eigenvalue weighted by molar-refractivity contribution is 5.89. The molecule has 4 heteroatoms. The van der Waals surface area contributed by atoms with Gasteiger partial charge in [0.15, 0.2) is 0 Å². The van der Waals surface area contributed by atoms with Crippen molar-refractivity contribution in [3.8, 4) is 0 Å². The lowest BCUT2D eigenvalue weighted by atomic mass is 10.1. The Kier molecular flexibility index (Phi) is 5.22. The lowest BCUT2D eigenvalue weighted by molar-refractivity contribution is 0.0697. The lowest BCUT2D eigenvalue weighted by Crippen LogP contribution is -2.16. The largest absolute Gasteiger partial charge is 0.478 e. The summed E-state index contributed by atoms with van der Waals surface area (Å²) in [5.41, 5.74) is 3.26. The van der Waals surface area contributed by atoms with Crippen LogP contribution >= 0.6 is 0 Å². The van der Waals surface area contributed by atoms with Crippen LogP contribution in [0.4, 0.5) is 5.69 Å². The van der Waals surface area contributed by atoms with Crippen molar-refractivity contribution in [2.75, 3.05) is 5.01 Å². The number of aromatic carboxylic acids is 1. The number of benzene rings is 3. The van der Waals surface area contributed by atoms with Crippen LogP contribution in [-0.2, 0) is 6.54 Å². The number of anilines is 1. The van der Waals surface area contributed by atoms with E-state index >= 15 is 0 Å². The Morgan fingerprint density at radius 2 is 1.48 bits per heavy atom. The second-order valence-electron chi connectivity index (χ2n) is 5.55. The normalized spacial score (nSPS) is 10.7. The molecule has 0 spiro atoms. The lowest BCUT2D eigenvalue weighted by Gasteiger charge is -2.19. The molecule has 0 aliphatic heterocycles. The Morgan fingerprint density at radius 1 is 0.880 bits per heavy atom. The Bertz CT molecular complexity index is 844. The average Bonchev–Trinajstić information content (AvgIpc) is 2.67. The van der Waals surface area contributed by atoms with E-state index in [1.165, 1.54) is 0 Å². The van der Waals surface area contributed by atoms with Gasteiger partial charge in [0.05, 0.1) is 24.0 Å². The third kappa shape index (κ3) is 4.54. The van der Waals surface area contributed by atoms with Crippen LogP contribution in [0, 0.1) is 0 Å². The van der Waals surface area contributed by atoms with Crippen LogP contribution in [-0.4, -0.2) is 17.3 Å². The first-order valence-electron chi connectivity index (χ1n) is 7.96. The topological polar surface area (TPSA) is 52.9 Å². The van der Waals surface area contributed by atoms with Gasteiger partial charge in [0.2, 0.25) is 0 Å². The van der Waals surface area contributed by atoms with Gasteiger partial charge in [-0.1, -0.05) is 60.7 Å². The van der Waals surface area contributed by atoms with Crippen molar-refractivity contribution < 1.29 is 9.90 Å². The molecule has 124 valence electrons. The number of carboxylic acids is 1. The fourth-order valence-electron chi connectivity index (χ4n) is 2.40. The Hall–Kier alpha value is -3.40. The number of rotatable bonds is 6. The molecule has 0 amide bonds. The van der Waals surface area contributed by atoms with Gasteiger partial charge in [-0.15, -0.1) is 0 Å². The van der Waals surface area contributed by atoms with Crippen molar-refractivity contribution in [1.82, 2.24) is 0 Å². The van der Waals surface area contributed by atoms with Crippen molar-refractivity contribution in [2.45, 2.75) is 6.54 Å². The van der Waals surface area contributed by atoms with Gasteiger partial charge < -0.3 is 5.11 Å². The van der Waals surface area contributed by atoms with Crippen LogP contribution in [0.2, 0.25) is 0 Å². The SMILES string of the molecule is O=C(O)c1ccc(C=NN(Cc2ccccc2)c2ccccc2)cc1. The summed E-state index contributed by atoms with van der Waals surface area (Å²) in [6, 6.07) is 26.7. The molecule has 0 atom stereocenters. The molecule has 25 heavy (non-hydrogen) atoms. The van der Waals surface area contributed by atoms with Crippen LogP contribution in [0.1, 0.15) is 21.5 Å². The molecule has 3 rings (SSSR count). The molecule has 3 aromatic rings. The summed E-state index contributed by atoms with van der Waals surface area (Å²) in [7, 11) is 0. The van der Waals surface area contributed by atoms with Crippen LogP contribution in [0.15, 0.2) is 90.0 Å². The number of carboxylic acid groups (broad SMARTS) is 1. The number of carbonyl (C=O) groups is 1. The zero-order valence-electron chi connectivity index (χ0n) is 13.6. The minimum atomic E-state index is -0.932. The first kappa shape index (κ1) is 16.5. The smallest absolute Gasteiger partial charge is 0.335 e. The number of para-hydroxylation sites is 1. The number of hydrazone groups is 1. The van der Waals surface area contributed by atoms with Crippen molar-refractivity contribution in [3.05, 3.63) is 102 Å². The standard InChI is InChI=1S/C21H18N2O2/c24-21(25)19-13-11-17(12-14-19)15-22-23(20-9-5-2-6-10-20)16-18-7-3-1-4-8-18/h1-15H,16H2,(H,24,25). The van der Waals surface area contributed by atoms with E-state index < -0.39 is 5.97 Å². The minimum Gasteiger partial charge on any atom is -0.478 e. The molecule has 0 saturated carbocycles. The molecule has 3 aromatic carbocycles. The number of nitrogens with zero attached hydrogens (tertiary/aromatic N) is 2. The molecule has 0 aromatic heterocycles. The molecule has 0 radical (unpaired) electrons. The van der Waals surface area contributed by atoms with Crippen LogP contribution in [0.3, 0.4) is 0 Å². The molecule has 0 bridgehead atoms. The summed E-state index contributed by atoms with van der Waals surface area (Å²) in [5.74, 6) is -0.932. The molecule has 0 unspecified atom stereocenters. The molecule has 4 nitrogen and oxygen atoms in total. The van der Waals surface area contributed by atoms with Gasteiger partial charge in [0, 0.05) is 0 Å². The second-order valence-corrected chi connectivity index (χ2v) is 5.55. The molecular formula is C21H18N2O2. The summed E-state index contributed by atoms with van der Waals surface area (Å²) in [6.07, 6.45) is 1.74. The number of hydrogen-bond acceptors (Lipinski definition) is 3. The van der Waals surface area contributed by atoms with E-state index in [4.69, 9.17) is 5.11 Å². The first-order chi connectivity index (χ1) is 12.2. The van der Waals surface area contributed by atoms with Crippen molar-refractivity contribution in [2.24, 2.45) is 5.10 Å². The van der Waals surface area contributed by atoms with E-state index in [1.807, 2.05) is 53.5 Å². The highest BCUT2D eigenvalue weighted by atomic mass is 16.4. The molecule has 0 saturated heterocycles. The molecule has 0 heterocycles. The molecular weight excluding hydrogens is 312 g/mol. The maximum absolute atomic E-state index is 10.9. The van der Waals surface area contributed by atoms with E-state index in [1.54, 1.807) is 30.5 Å². The van der Waals surface area contributed by atoms with Gasteiger partial charge in [0.1, 0.15) is 0 Å². The van der Waals surface area contributed by atoms with Crippen molar-refractivity contribution >= 4 is 17.9 Å². The summed E-state index contributed by atoms with van der Waals surface area (Å²) in [4.78, 5) is 10.9. The summed E-state index contributed by atoms with van der Waals surface area (Å²) >= 11 is 0. The maximum Gasteiger partial charge on any atom is 0.335 e. The maximum atomic E-state index is 10.9. The van der Waals surface area contributed by atoms with Crippen molar-refractivity contribution in [1.29, 1.82) is 0 Å². The summed E-state index contributed by atoms with van der Waals surface area (Å²) in [6.45, 7) is 0.647. The Balaban J connectivity index is 1.83. The monoisotopic (exact) mass is 330 g/mol. The van der Waals surface area contributed by atoms with E-state index in [0.29, 0.717) is 6.54 Å². The highest BCUT2D eigenvalue weighted by Crippen LogP contribution is 2.17. The van der Waals surface area contributed by atoms with Crippen molar-refractivity contribution in [3.63, 3.8) is 0 Å². The van der Waals surface area contributed by atoms with E-state index in [9.17, 15) is 4.79 Å². The fourth-order valence-corrected chi connectivity index (χ4v) is 2.40. The summed E-state index contributed by atoms with van der Waals surface area (Å²) in [5, 5.41) is 15.5. The van der Waals surface area contributed by atoms with Gasteiger partial charge in [-0.25, -0.2) is 4.79 Å². The number of hydrogen-bond donors (Lipinski definition) is 1.